The van der Waals surface area contributed by atoms with Gasteiger partial charge in [0.2, 0.25) is 0 Å². The van der Waals surface area contributed by atoms with E-state index in [0.717, 1.165) is 13.0 Å². The maximum absolute atomic E-state index is 5.45. The molecule has 0 aromatic carbocycles. The number of hydrogen-bond acceptors (Lipinski definition) is 2. The van der Waals surface area contributed by atoms with Crippen molar-refractivity contribution < 1.29 is 0 Å². The van der Waals surface area contributed by atoms with Gasteiger partial charge in [0.05, 0.1) is 0 Å². The van der Waals surface area contributed by atoms with E-state index < -0.39 is 0 Å². The molecule has 0 radical (unpaired) electrons. The second kappa shape index (κ2) is 2.76. The van der Waals surface area contributed by atoms with E-state index in [4.69, 9.17) is 5.73 Å². The summed E-state index contributed by atoms with van der Waals surface area (Å²) in [5.41, 5.74) is 5.45. The molecule has 2 N–H and O–H groups in total. The number of nitrogens with two attached hydrogens (primary N) is 1. The van der Waals surface area contributed by atoms with Crippen molar-refractivity contribution in [3.63, 3.8) is 0 Å². The molecule has 1 heterocycles. The van der Waals surface area contributed by atoms with Crippen LogP contribution >= 0.6 is 11.8 Å². The highest BCUT2D eigenvalue weighted by Gasteiger charge is 2.24. The Balaban J connectivity index is 2.36. The summed E-state index contributed by atoms with van der Waals surface area (Å²) in [6, 6.07) is 0. The van der Waals surface area contributed by atoms with Crippen LogP contribution < -0.4 is 5.73 Å². The van der Waals surface area contributed by atoms with E-state index >= 15 is 0 Å². The monoisotopic (exact) mass is 143 g/mol. The molecule has 2 heteroatoms. The van der Waals surface area contributed by atoms with Gasteiger partial charge in [-0.05, 0) is 31.7 Å². The van der Waals surface area contributed by atoms with Gasteiger partial charge in [-0.2, -0.15) is 0 Å². The topological polar surface area (TPSA) is 26.0 Å². The van der Waals surface area contributed by atoms with Crippen LogP contribution in [0.15, 0.2) is 11.5 Å². The standard InChI is InChI=1S/C7H13NS/c1-7(4-5-8)3-2-6-9-7/h2,6H,3-5,8H2,1H3. The minimum atomic E-state index is 0.425. The van der Waals surface area contributed by atoms with E-state index in [2.05, 4.69) is 18.4 Å². The summed E-state index contributed by atoms with van der Waals surface area (Å²) in [6.07, 6.45) is 4.54. The van der Waals surface area contributed by atoms with Crippen LogP contribution in [0.4, 0.5) is 0 Å². The van der Waals surface area contributed by atoms with Gasteiger partial charge in [0, 0.05) is 4.75 Å². The molecule has 0 amide bonds. The first-order chi connectivity index (χ1) is 4.27. The highest BCUT2D eigenvalue weighted by Crippen LogP contribution is 2.38. The maximum atomic E-state index is 5.45. The van der Waals surface area contributed by atoms with Crippen molar-refractivity contribution >= 4 is 11.8 Å². The lowest BCUT2D eigenvalue weighted by molar-refractivity contribution is 0.611. The molecule has 0 bridgehead atoms. The molecular weight excluding hydrogens is 130 g/mol. The predicted molar refractivity (Wildman–Crippen MR) is 43.4 cm³/mol. The Morgan fingerprint density at radius 2 is 2.56 bits per heavy atom. The van der Waals surface area contributed by atoms with Crippen LogP contribution in [0, 0.1) is 0 Å². The fourth-order valence-corrected chi connectivity index (χ4v) is 1.97. The smallest absolute Gasteiger partial charge is 0.0219 e. The molecule has 0 aromatic rings. The quantitative estimate of drug-likeness (QED) is 0.637. The summed E-state index contributed by atoms with van der Waals surface area (Å²) >= 11 is 1.91. The molecular formula is C7H13NS. The molecule has 1 nitrogen and oxygen atoms in total. The fraction of sp³-hybridized carbons (Fsp3) is 0.714. The van der Waals surface area contributed by atoms with E-state index in [1.807, 2.05) is 11.8 Å². The van der Waals surface area contributed by atoms with E-state index in [0.29, 0.717) is 4.75 Å². The molecule has 52 valence electrons. The summed E-state index contributed by atoms with van der Waals surface area (Å²) in [5, 5.41) is 2.18. The van der Waals surface area contributed by atoms with Crippen molar-refractivity contribution in [3.8, 4) is 0 Å². The minimum Gasteiger partial charge on any atom is -0.330 e. The van der Waals surface area contributed by atoms with Crippen molar-refractivity contribution in [1.29, 1.82) is 0 Å². The Kier molecular flexibility index (Phi) is 2.19. The number of allylic oxidation sites excluding steroid dienone is 1. The molecule has 1 aliphatic heterocycles. The summed E-state index contributed by atoms with van der Waals surface area (Å²) in [7, 11) is 0. The third-order valence-corrected chi connectivity index (χ3v) is 2.94. The largest absolute Gasteiger partial charge is 0.330 e. The first kappa shape index (κ1) is 7.16. The Morgan fingerprint density at radius 1 is 1.78 bits per heavy atom. The normalized spacial score (nSPS) is 33.6. The van der Waals surface area contributed by atoms with Crippen LogP contribution in [0.1, 0.15) is 19.8 Å². The highest BCUT2D eigenvalue weighted by molar-refractivity contribution is 8.03. The summed E-state index contributed by atoms with van der Waals surface area (Å²) in [5.74, 6) is 0. The molecule has 0 aliphatic carbocycles. The lowest BCUT2D eigenvalue weighted by Gasteiger charge is -2.20. The van der Waals surface area contributed by atoms with Gasteiger partial charge in [-0.3, -0.25) is 0 Å². The van der Waals surface area contributed by atoms with Gasteiger partial charge >= 0.3 is 0 Å². The van der Waals surface area contributed by atoms with Crippen molar-refractivity contribution in [3.05, 3.63) is 11.5 Å². The molecule has 1 atom stereocenters. The van der Waals surface area contributed by atoms with Gasteiger partial charge in [0.25, 0.3) is 0 Å². The third kappa shape index (κ3) is 1.73. The van der Waals surface area contributed by atoms with Crippen LogP contribution in [-0.4, -0.2) is 11.3 Å². The number of thioether (sulfide) groups is 1. The van der Waals surface area contributed by atoms with Gasteiger partial charge in [-0.15, -0.1) is 11.8 Å². The zero-order chi connectivity index (χ0) is 6.74. The molecule has 0 aromatic heterocycles. The third-order valence-electron chi connectivity index (χ3n) is 1.67. The van der Waals surface area contributed by atoms with Crippen LogP contribution in [0.25, 0.3) is 0 Å². The molecule has 0 saturated carbocycles. The Bertz CT molecular complexity index is 112. The van der Waals surface area contributed by atoms with Crippen molar-refractivity contribution in [1.82, 2.24) is 0 Å². The molecule has 0 spiro atoms. The van der Waals surface area contributed by atoms with Crippen molar-refractivity contribution in [2.45, 2.75) is 24.5 Å². The van der Waals surface area contributed by atoms with Crippen molar-refractivity contribution in [2.24, 2.45) is 5.73 Å². The van der Waals surface area contributed by atoms with E-state index in [-0.39, 0.29) is 0 Å². The van der Waals surface area contributed by atoms with Gasteiger partial charge < -0.3 is 5.73 Å². The zero-order valence-corrected chi connectivity index (χ0v) is 6.58. The van der Waals surface area contributed by atoms with Crippen molar-refractivity contribution in [2.75, 3.05) is 6.54 Å². The van der Waals surface area contributed by atoms with Crippen LogP contribution in [0.3, 0.4) is 0 Å². The average Bonchev–Trinajstić information content (AvgIpc) is 2.16. The lowest BCUT2D eigenvalue weighted by atomic mass is 10.0. The summed E-state index contributed by atoms with van der Waals surface area (Å²) in [6.45, 7) is 3.08. The molecule has 1 aliphatic rings. The second-order valence-corrected chi connectivity index (χ2v) is 4.18. The maximum Gasteiger partial charge on any atom is 0.0219 e. The Morgan fingerprint density at radius 3 is 3.00 bits per heavy atom. The minimum absolute atomic E-state index is 0.425. The Hall–Kier alpha value is 0.0500. The first-order valence-corrected chi connectivity index (χ1v) is 4.18. The zero-order valence-electron chi connectivity index (χ0n) is 5.76. The SMILES string of the molecule is CC1(CCN)CC=CS1. The summed E-state index contributed by atoms with van der Waals surface area (Å²) in [4.78, 5) is 0. The average molecular weight is 143 g/mol. The molecule has 0 fully saturated rings. The molecule has 9 heavy (non-hydrogen) atoms. The number of rotatable bonds is 2. The second-order valence-electron chi connectivity index (χ2n) is 2.68. The summed E-state index contributed by atoms with van der Waals surface area (Å²) < 4.78 is 0.425. The van der Waals surface area contributed by atoms with Crippen LogP contribution in [0.2, 0.25) is 0 Å². The van der Waals surface area contributed by atoms with E-state index in [1.165, 1.54) is 6.42 Å². The molecule has 0 saturated heterocycles. The number of hydrogen-bond donors (Lipinski definition) is 1. The van der Waals surface area contributed by atoms with Gasteiger partial charge in [0.1, 0.15) is 0 Å². The van der Waals surface area contributed by atoms with Crippen LogP contribution in [-0.2, 0) is 0 Å². The van der Waals surface area contributed by atoms with Gasteiger partial charge in [-0.25, -0.2) is 0 Å². The highest BCUT2D eigenvalue weighted by atomic mass is 32.2. The fourth-order valence-electron chi connectivity index (χ4n) is 1.02. The first-order valence-electron chi connectivity index (χ1n) is 3.30. The Labute approximate surface area is 60.7 Å². The van der Waals surface area contributed by atoms with Crippen LogP contribution in [0.5, 0.6) is 0 Å². The molecule has 1 rings (SSSR count). The lowest BCUT2D eigenvalue weighted by Crippen LogP contribution is -2.20. The van der Waals surface area contributed by atoms with E-state index in [1.54, 1.807) is 0 Å². The van der Waals surface area contributed by atoms with Gasteiger partial charge in [-0.1, -0.05) is 6.08 Å². The van der Waals surface area contributed by atoms with E-state index in [9.17, 15) is 0 Å². The van der Waals surface area contributed by atoms with Gasteiger partial charge in [0.15, 0.2) is 0 Å². The molecule has 1 unspecified atom stereocenters. The predicted octanol–water partition coefficient (Wildman–Crippen LogP) is 1.74.